The normalized spacial score (nSPS) is 15.6. The average molecular weight is 477 g/mol. The first-order valence-electron chi connectivity index (χ1n) is 9.74. The number of carbonyl (C=O) groups is 1. The zero-order chi connectivity index (χ0) is 23.7. The molecule has 0 bridgehead atoms. The molecule has 4 heterocycles. The summed E-state index contributed by atoms with van der Waals surface area (Å²) in [5.41, 5.74) is 6.76. The lowest BCUT2D eigenvalue weighted by atomic mass is 10.0. The summed E-state index contributed by atoms with van der Waals surface area (Å²) in [7, 11) is 3.28. The fourth-order valence-electron chi connectivity index (χ4n) is 4.02. The van der Waals surface area contributed by atoms with Crippen LogP contribution in [-0.4, -0.2) is 44.2 Å². The predicted octanol–water partition coefficient (Wildman–Crippen LogP) is 3.98. The monoisotopic (exact) mass is 476 g/mol. The maximum atomic E-state index is 13.4. The van der Waals surface area contributed by atoms with Gasteiger partial charge in [0.05, 0.1) is 39.2 Å². The van der Waals surface area contributed by atoms with Crippen LogP contribution in [0.15, 0.2) is 30.5 Å². The van der Waals surface area contributed by atoms with Gasteiger partial charge in [-0.1, -0.05) is 11.6 Å². The number of benzene rings is 1. The summed E-state index contributed by atoms with van der Waals surface area (Å²) >= 11 is 6.42. The lowest BCUT2D eigenvalue weighted by Crippen LogP contribution is -2.32. The standard InChI is InChI=1S/C21H16ClF3N6O2/c1-30(15-8-33-19-9(15)3-4-16(29-19)21(23,24)25)20(32)10-5-11-14(6-13(10)22)28-18(26)12-7-27-31(2)17(11)12/h3-7,15H,8H2,1-2H3,(H2,26,28)/t15-/m0/s1. The van der Waals surface area contributed by atoms with E-state index in [-0.39, 0.29) is 23.1 Å². The number of hydrogen-bond donors (Lipinski definition) is 1. The fourth-order valence-corrected chi connectivity index (χ4v) is 4.26. The summed E-state index contributed by atoms with van der Waals surface area (Å²) in [5.74, 6) is -0.283. The van der Waals surface area contributed by atoms with E-state index in [1.54, 1.807) is 30.1 Å². The SMILES string of the molecule is CN(C(=O)c1cc2c(cc1Cl)nc(N)c1cnn(C)c12)[C@H]1COc2nc(C(F)(F)F)ccc21. The summed E-state index contributed by atoms with van der Waals surface area (Å²) in [6.45, 7) is -0.0266. The second kappa shape index (κ2) is 7.20. The molecule has 0 saturated heterocycles. The van der Waals surface area contributed by atoms with Crippen LogP contribution in [0.25, 0.3) is 21.8 Å². The topological polar surface area (TPSA) is 99.2 Å². The minimum Gasteiger partial charge on any atom is -0.475 e. The number of nitrogens with zero attached hydrogens (tertiary/aromatic N) is 5. The maximum Gasteiger partial charge on any atom is 0.433 e. The second-order valence-corrected chi connectivity index (χ2v) is 8.12. The van der Waals surface area contributed by atoms with Gasteiger partial charge in [0, 0.05) is 25.0 Å². The number of aromatic nitrogens is 4. The molecule has 5 rings (SSSR count). The van der Waals surface area contributed by atoms with Crippen molar-refractivity contribution in [3.8, 4) is 5.88 Å². The maximum absolute atomic E-state index is 13.4. The number of nitrogens with two attached hydrogens (primary N) is 1. The molecule has 0 aliphatic carbocycles. The van der Waals surface area contributed by atoms with Crippen molar-refractivity contribution in [3.05, 3.63) is 52.3 Å². The van der Waals surface area contributed by atoms with Crippen LogP contribution in [0.2, 0.25) is 5.02 Å². The van der Waals surface area contributed by atoms with E-state index in [1.165, 1.54) is 18.0 Å². The minimum atomic E-state index is -4.59. The number of halogens is 4. The molecule has 33 heavy (non-hydrogen) atoms. The number of anilines is 1. The molecule has 1 aliphatic heterocycles. The molecule has 0 unspecified atom stereocenters. The summed E-state index contributed by atoms with van der Waals surface area (Å²) in [6, 6.07) is 4.69. The molecule has 1 aliphatic rings. The highest BCUT2D eigenvalue weighted by molar-refractivity contribution is 6.35. The first-order chi connectivity index (χ1) is 15.6. The number of amides is 1. The molecule has 0 fully saturated rings. The number of likely N-dealkylation sites (N-methyl/N-ethyl adjacent to an activating group) is 1. The molecule has 0 saturated carbocycles. The van der Waals surface area contributed by atoms with Gasteiger partial charge in [-0.15, -0.1) is 0 Å². The van der Waals surface area contributed by atoms with Gasteiger partial charge in [0.25, 0.3) is 5.91 Å². The molecule has 1 aromatic carbocycles. The van der Waals surface area contributed by atoms with Crippen LogP contribution in [-0.2, 0) is 13.2 Å². The molecule has 1 amide bonds. The Morgan fingerprint density at radius 1 is 1.27 bits per heavy atom. The van der Waals surface area contributed by atoms with E-state index in [4.69, 9.17) is 22.1 Å². The molecule has 0 radical (unpaired) electrons. The average Bonchev–Trinajstić information content (AvgIpc) is 3.36. The van der Waals surface area contributed by atoms with Crippen molar-refractivity contribution < 1.29 is 22.7 Å². The Labute approximate surface area is 189 Å². The van der Waals surface area contributed by atoms with E-state index >= 15 is 0 Å². The van der Waals surface area contributed by atoms with Gasteiger partial charge in [0.15, 0.2) is 0 Å². The number of nitrogen functional groups attached to an aromatic ring is 1. The number of alkyl halides is 3. The third kappa shape index (κ3) is 3.30. The zero-order valence-electron chi connectivity index (χ0n) is 17.3. The van der Waals surface area contributed by atoms with Gasteiger partial charge in [0.2, 0.25) is 5.88 Å². The Balaban J connectivity index is 1.55. The van der Waals surface area contributed by atoms with Crippen molar-refractivity contribution in [1.29, 1.82) is 0 Å². The Morgan fingerprint density at radius 2 is 2.03 bits per heavy atom. The van der Waals surface area contributed by atoms with Gasteiger partial charge in [-0.2, -0.15) is 18.3 Å². The quantitative estimate of drug-likeness (QED) is 0.470. The number of fused-ring (bicyclic) bond motifs is 4. The molecule has 8 nitrogen and oxygen atoms in total. The Bertz CT molecular complexity index is 1450. The number of carbonyl (C=O) groups excluding carboxylic acids is 1. The summed E-state index contributed by atoms with van der Waals surface area (Å²) < 4.78 is 45.9. The van der Waals surface area contributed by atoms with Crippen molar-refractivity contribution in [1.82, 2.24) is 24.6 Å². The van der Waals surface area contributed by atoms with Gasteiger partial charge in [0.1, 0.15) is 18.1 Å². The third-order valence-corrected chi connectivity index (χ3v) is 6.04. The molecular weight excluding hydrogens is 461 g/mol. The third-order valence-electron chi connectivity index (χ3n) is 5.73. The minimum absolute atomic E-state index is 0.0266. The van der Waals surface area contributed by atoms with Crippen LogP contribution in [0.5, 0.6) is 5.88 Å². The van der Waals surface area contributed by atoms with Gasteiger partial charge >= 0.3 is 6.18 Å². The molecular formula is C21H16ClF3N6O2. The lowest BCUT2D eigenvalue weighted by molar-refractivity contribution is -0.141. The van der Waals surface area contributed by atoms with Crippen molar-refractivity contribution in [2.45, 2.75) is 12.2 Å². The van der Waals surface area contributed by atoms with Crippen LogP contribution in [0.3, 0.4) is 0 Å². The van der Waals surface area contributed by atoms with Crippen molar-refractivity contribution >= 4 is 45.1 Å². The number of ether oxygens (including phenoxy) is 1. The van der Waals surface area contributed by atoms with Crippen LogP contribution in [0.4, 0.5) is 19.0 Å². The first kappa shape index (κ1) is 21.3. The molecule has 2 N–H and O–H groups in total. The highest BCUT2D eigenvalue weighted by Gasteiger charge is 2.37. The number of hydrogen-bond acceptors (Lipinski definition) is 6. The van der Waals surface area contributed by atoms with Crippen LogP contribution >= 0.6 is 11.6 Å². The molecule has 1 atom stereocenters. The Hall–Kier alpha value is -3.60. The highest BCUT2D eigenvalue weighted by Crippen LogP contribution is 2.39. The summed E-state index contributed by atoms with van der Waals surface area (Å²) in [4.78, 5) is 22.7. The summed E-state index contributed by atoms with van der Waals surface area (Å²) in [6.07, 6.45) is -3.00. The predicted molar refractivity (Wildman–Crippen MR) is 115 cm³/mol. The Morgan fingerprint density at radius 3 is 2.76 bits per heavy atom. The number of aryl methyl sites for hydroxylation is 1. The van der Waals surface area contributed by atoms with Gasteiger partial charge < -0.3 is 15.4 Å². The molecule has 12 heteroatoms. The van der Waals surface area contributed by atoms with E-state index < -0.39 is 23.8 Å². The van der Waals surface area contributed by atoms with Crippen molar-refractivity contribution in [2.75, 3.05) is 19.4 Å². The van der Waals surface area contributed by atoms with Crippen molar-refractivity contribution in [3.63, 3.8) is 0 Å². The van der Waals surface area contributed by atoms with Crippen LogP contribution in [0, 0.1) is 0 Å². The fraction of sp³-hybridized carbons (Fsp3) is 0.238. The second-order valence-electron chi connectivity index (χ2n) is 7.71. The molecule has 170 valence electrons. The van der Waals surface area contributed by atoms with Crippen molar-refractivity contribution in [2.24, 2.45) is 7.05 Å². The van der Waals surface area contributed by atoms with E-state index in [2.05, 4.69) is 15.1 Å². The van der Waals surface area contributed by atoms with E-state index in [9.17, 15) is 18.0 Å². The van der Waals surface area contributed by atoms with Gasteiger partial charge in [-0.25, -0.2) is 9.97 Å². The van der Waals surface area contributed by atoms with E-state index in [0.29, 0.717) is 33.2 Å². The van der Waals surface area contributed by atoms with Crippen LogP contribution in [0.1, 0.15) is 27.7 Å². The van der Waals surface area contributed by atoms with Gasteiger partial charge in [-0.05, 0) is 24.3 Å². The molecule has 0 spiro atoms. The van der Waals surface area contributed by atoms with E-state index in [1.807, 2.05) is 0 Å². The zero-order valence-corrected chi connectivity index (χ0v) is 18.1. The number of pyridine rings is 2. The molecule has 3 aromatic heterocycles. The summed E-state index contributed by atoms with van der Waals surface area (Å²) in [5, 5.41) is 5.66. The highest BCUT2D eigenvalue weighted by atomic mass is 35.5. The first-order valence-corrected chi connectivity index (χ1v) is 10.1. The van der Waals surface area contributed by atoms with Gasteiger partial charge in [-0.3, -0.25) is 9.48 Å². The largest absolute Gasteiger partial charge is 0.475 e. The lowest BCUT2D eigenvalue weighted by Gasteiger charge is -2.24. The Kier molecular flexibility index (Phi) is 4.64. The van der Waals surface area contributed by atoms with Crippen LogP contribution < -0.4 is 10.5 Å². The molecule has 4 aromatic rings. The van der Waals surface area contributed by atoms with E-state index in [0.717, 1.165) is 6.07 Å². The number of rotatable bonds is 2. The smallest absolute Gasteiger partial charge is 0.433 e.